The van der Waals surface area contributed by atoms with E-state index in [1.165, 1.54) is 45.3 Å². The van der Waals surface area contributed by atoms with Crippen molar-refractivity contribution in [3.8, 4) is 0 Å². The minimum Gasteiger partial charge on any atom is -0.313 e. The minimum atomic E-state index is 0.626. The molecule has 0 aliphatic carbocycles. The highest BCUT2D eigenvalue weighted by Crippen LogP contribution is 2.33. The van der Waals surface area contributed by atoms with Gasteiger partial charge in [-0.15, -0.1) is 0 Å². The molecule has 1 aliphatic heterocycles. The van der Waals surface area contributed by atoms with Crippen LogP contribution in [0.4, 0.5) is 0 Å². The maximum absolute atomic E-state index is 3.57. The van der Waals surface area contributed by atoms with E-state index in [0.29, 0.717) is 11.5 Å². The normalized spacial score (nSPS) is 23.2. The van der Waals surface area contributed by atoms with E-state index in [0.717, 1.165) is 6.54 Å². The average molecular weight is 226 g/mol. The van der Waals surface area contributed by atoms with E-state index in [9.17, 15) is 0 Å². The Kier molecular flexibility index (Phi) is 5.77. The highest BCUT2D eigenvalue weighted by molar-refractivity contribution is 4.81. The Bertz CT molecular complexity index is 183. The summed E-state index contributed by atoms with van der Waals surface area (Å²) in [5, 5.41) is 3.57. The first-order valence-corrected chi connectivity index (χ1v) is 7.05. The number of nitrogens with one attached hydrogen (secondary N) is 1. The second-order valence-electron chi connectivity index (χ2n) is 5.77. The van der Waals surface area contributed by atoms with Crippen molar-refractivity contribution in [3.63, 3.8) is 0 Å². The van der Waals surface area contributed by atoms with Crippen molar-refractivity contribution in [2.45, 2.75) is 59.4 Å². The van der Waals surface area contributed by atoms with Crippen LogP contribution in [-0.2, 0) is 0 Å². The lowest BCUT2D eigenvalue weighted by Crippen LogP contribution is -2.42. The number of piperidine rings is 1. The first-order chi connectivity index (χ1) is 7.59. The van der Waals surface area contributed by atoms with Crippen molar-refractivity contribution in [1.29, 1.82) is 0 Å². The van der Waals surface area contributed by atoms with Crippen molar-refractivity contribution >= 4 is 0 Å². The van der Waals surface area contributed by atoms with E-state index in [4.69, 9.17) is 0 Å². The van der Waals surface area contributed by atoms with Gasteiger partial charge in [0.25, 0.3) is 0 Å². The van der Waals surface area contributed by atoms with Crippen LogP contribution in [0.15, 0.2) is 0 Å². The molecule has 96 valence electrons. The van der Waals surface area contributed by atoms with E-state index < -0.39 is 0 Å². The van der Waals surface area contributed by atoms with E-state index in [1.807, 2.05) is 0 Å². The maximum atomic E-state index is 3.57. The van der Waals surface area contributed by atoms with Gasteiger partial charge in [-0.1, -0.05) is 27.2 Å². The van der Waals surface area contributed by atoms with Gasteiger partial charge in [0.2, 0.25) is 0 Å². The zero-order valence-corrected chi connectivity index (χ0v) is 11.7. The lowest BCUT2D eigenvalue weighted by Gasteiger charge is -2.39. The lowest BCUT2D eigenvalue weighted by molar-refractivity contribution is 0.115. The third-order valence-corrected chi connectivity index (χ3v) is 4.45. The fraction of sp³-hybridized carbons (Fsp3) is 1.00. The summed E-state index contributed by atoms with van der Waals surface area (Å²) in [6.45, 7) is 14.3. The molecule has 1 N–H and O–H groups in total. The molecule has 1 aliphatic rings. The first-order valence-electron chi connectivity index (χ1n) is 7.05. The molecule has 1 unspecified atom stereocenters. The number of hydrogen-bond donors (Lipinski definition) is 1. The Morgan fingerprint density at radius 1 is 1.25 bits per heavy atom. The molecule has 0 saturated carbocycles. The SMILES string of the molecule is CCC(C)NCCN1CCC(C)(CC)CC1. The molecule has 1 heterocycles. The summed E-state index contributed by atoms with van der Waals surface area (Å²) in [5.74, 6) is 0. The summed E-state index contributed by atoms with van der Waals surface area (Å²) >= 11 is 0. The standard InChI is InChI=1S/C14H30N2/c1-5-13(3)15-9-12-16-10-7-14(4,6-2)8-11-16/h13,15H,5-12H2,1-4H3. The monoisotopic (exact) mass is 226 g/mol. The summed E-state index contributed by atoms with van der Waals surface area (Å²) in [7, 11) is 0. The van der Waals surface area contributed by atoms with E-state index in [2.05, 4.69) is 37.9 Å². The van der Waals surface area contributed by atoms with Crippen molar-refractivity contribution in [2.75, 3.05) is 26.2 Å². The van der Waals surface area contributed by atoms with Crippen LogP contribution in [0.3, 0.4) is 0 Å². The van der Waals surface area contributed by atoms with E-state index in [1.54, 1.807) is 0 Å². The summed E-state index contributed by atoms with van der Waals surface area (Å²) in [6, 6.07) is 0.672. The maximum Gasteiger partial charge on any atom is 0.0107 e. The van der Waals surface area contributed by atoms with E-state index in [-0.39, 0.29) is 0 Å². The van der Waals surface area contributed by atoms with Crippen LogP contribution in [0.5, 0.6) is 0 Å². The van der Waals surface area contributed by atoms with Gasteiger partial charge in [0.15, 0.2) is 0 Å². The van der Waals surface area contributed by atoms with Gasteiger partial charge in [0, 0.05) is 19.1 Å². The summed E-state index contributed by atoms with van der Waals surface area (Å²) in [6.07, 6.45) is 5.33. The molecule has 0 bridgehead atoms. The smallest absolute Gasteiger partial charge is 0.0107 e. The van der Waals surface area contributed by atoms with Crippen molar-refractivity contribution in [3.05, 3.63) is 0 Å². The Morgan fingerprint density at radius 2 is 1.88 bits per heavy atom. The molecule has 0 radical (unpaired) electrons. The Labute approximate surface area is 102 Å². The van der Waals surface area contributed by atoms with Crippen molar-refractivity contribution in [2.24, 2.45) is 5.41 Å². The van der Waals surface area contributed by atoms with Crippen LogP contribution in [0.2, 0.25) is 0 Å². The molecule has 0 aromatic carbocycles. The minimum absolute atomic E-state index is 0.626. The van der Waals surface area contributed by atoms with Crippen molar-refractivity contribution < 1.29 is 0 Å². The highest BCUT2D eigenvalue weighted by Gasteiger charge is 2.27. The molecule has 1 fully saturated rings. The molecule has 1 saturated heterocycles. The molecule has 2 nitrogen and oxygen atoms in total. The Morgan fingerprint density at radius 3 is 2.38 bits per heavy atom. The third-order valence-electron chi connectivity index (χ3n) is 4.45. The molecule has 0 spiro atoms. The Hall–Kier alpha value is -0.0800. The fourth-order valence-corrected chi connectivity index (χ4v) is 2.28. The molecule has 0 aromatic rings. The van der Waals surface area contributed by atoms with Crippen LogP contribution in [-0.4, -0.2) is 37.1 Å². The van der Waals surface area contributed by atoms with Gasteiger partial charge in [-0.2, -0.15) is 0 Å². The predicted molar refractivity (Wildman–Crippen MR) is 71.8 cm³/mol. The van der Waals surface area contributed by atoms with Gasteiger partial charge in [0.05, 0.1) is 0 Å². The predicted octanol–water partition coefficient (Wildman–Crippen LogP) is 2.89. The van der Waals surface area contributed by atoms with Gasteiger partial charge in [-0.3, -0.25) is 0 Å². The first kappa shape index (κ1) is 14.0. The lowest BCUT2D eigenvalue weighted by atomic mass is 9.78. The molecule has 1 rings (SSSR count). The van der Waals surface area contributed by atoms with Gasteiger partial charge >= 0.3 is 0 Å². The molecular formula is C14H30N2. The van der Waals surface area contributed by atoms with Crippen molar-refractivity contribution in [1.82, 2.24) is 10.2 Å². The largest absolute Gasteiger partial charge is 0.313 e. The number of nitrogens with zero attached hydrogens (tertiary/aromatic N) is 1. The second kappa shape index (κ2) is 6.61. The van der Waals surface area contributed by atoms with Crippen LogP contribution in [0.1, 0.15) is 53.4 Å². The highest BCUT2D eigenvalue weighted by atomic mass is 15.1. The average Bonchev–Trinajstić information content (AvgIpc) is 2.31. The van der Waals surface area contributed by atoms with Gasteiger partial charge in [0.1, 0.15) is 0 Å². The number of rotatable bonds is 6. The molecular weight excluding hydrogens is 196 g/mol. The topological polar surface area (TPSA) is 15.3 Å². The Balaban J connectivity index is 2.13. The zero-order valence-electron chi connectivity index (χ0n) is 11.7. The molecule has 1 atom stereocenters. The summed E-state index contributed by atoms with van der Waals surface area (Å²) < 4.78 is 0. The van der Waals surface area contributed by atoms with Gasteiger partial charge in [-0.25, -0.2) is 0 Å². The molecule has 2 heteroatoms. The van der Waals surface area contributed by atoms with Crippen LogP contribution >= 0.6 is 0 Å². The van der Waals surface area contributed by atoms with Gasteiger partial charge < -0.3 is 10.2 Å². The molecule has 16 heavy (non-hydrogen) atoms. The third kappa shape index (κ3) is 4.42. The molecule has 0 aromatic heterocycles. The van der Waals surface area contributed by atoms with Crippen LogP contribution < -0.4 is 5.32 Å². The number of likely N-dealkylation sites (tertiary alicyclic amines) is 1. The zero-order chi connectivity index (χ0) is 12.0. The molecule has 0 amide bonds. The quantitative estimate of drug-likeness (QED) is 0.749. The number of hydrogen-bond acceptors (Lipinski definition) is 2. The van der Waals surface area contributed by atoms with Crippen LogP contribution in [0, 0.1) is 5.41 Å². The fourth-order valence-electron chi connectivity index (χ4n) is 2.28. The summed E-state index contributed by atoms with van der Waals surface area (Å²) in [5.41, 5.74) is 0.626. The van der Waals surface area contributed by atoms with Gasteiger partial charge in [-0.05, 0) is 44.7 Å². The summed E-state index contributed by atoms with van der Waals surface area (Å²) in [4.78, 5) is 2.62. The second-order valence-corrected chi connectivity index (χ2v) is 5.77. The van der Waals surface area contributed by atoms with Crippen LogP contribution in [0.25, 0.3) is 0 Å². The van der Waals surface area contributed by atoms with E-state index >= 15 is 0 Å².